The molecular formula is C16H15IN2O. The minimum absolute atomic E-state index is 0.175. The summed E-state index contributed by atoms with van der Waals surface area (Å²) in [6.45, 7) is 0. The highest BCUT2D eigenvalue weighted by molar-refractivity contribution is 14.1. The number of carbonyl (C=O) groups is 1. The predicted octanol–water partition coefficient (Wildman–Crippen LogP) is 3.64. The van der Waals surface area contributed by atoms with Crippen LogP contribution < -0.4 is 5.43 Å². The summed E-state index contributed by atoms with van der Waals surface area (Å²) in [5.41, 5.74) is 4.46. The van der Waals surface area contributed by atoms with Crippen LogP contribution in [0.2, 0.25) is 0 Å². The molecule has 20 heavy (non-hydrogen) atoms. The highest BCUT2D eigenvalue weighted by atomic mass is 127. The first-order valence-corrected chi connectivity index (χ1v) is 7.45. The number of rotatable bonds is 5. The van der Waals surface area contributed by atoms with E-state index in [1.54, 1.807) is 12.3 Å². The largest absolute Gasteiger partial charge is 0.272 e. The number of benzene rings is 2. The molecule has 0 atom stereocenters. The van der Waals surface area contributed by atoms with Crippen LogP contribution in [0.3, 0.4) is 0 Å². The van der Waals surface area contributed by atoms with E-state index >= 15 is 0 Å². The molecule has 0 saturated heterocycles. The number of nitrogens with one attached hydrogen (secondary N) is 1. The van der Waals surface area contributed by atoms with Crippen molar-refractivity contribution in [1.29, 1.82) is 0 Å². The van der Waals surface area contributed by atoms with Crippen LogP contribution in [0.25, 0.3) is 0 Å². The summed E-state index contributed by atoms with van der Waals surface area (Å²) in [6, 6.07) is 17.6. The first-order chi connectivity index (χ1) is 9.77. The van der Waals surface area contributed by atoms with Gasteiger partial charge in [0.05, 0.1) is 5.56 Å². The van der Waals surface area contributed by atoms with Crippen molar-refractivity contribution in [1.82, 2.24) is 5.43 Å². The summed E-state index contributed by atoms with van der Waals surface area (Å²) in [5.74, 6) is -0.175. The molecule has 102 valence electrons. The first-order valence-electron chi connectivity index (χ1n) is 6.37. The van der Waals surface area contributed by atoms with Crippen LogP contribution in [0.1, 0.15) is 22.3 Å². The van der Waals surface area contributed by atoms with Crippen molar-refractivity contribution in [2.24, 2.45) is 5.10 Å². The zero-order chi connectivity index (χ0) is 14.2. The van der Waals surface area contributed by atoms with E-state index in [1.165, 1.54) is 5.56 Å². The summed E-state index contributed by atoms with van der Waals surface area (Å²) in [7, 11) is 0. The normalized spacial score (nSPS) is 10.7. The molecule has 0 aromatic heterocycles. The van der Waals surface area contributed by atoms with E-state index < -0.39 is 0 Å². The average Bonchev–Trinajstić information content (AvgIpc) is 2.48. The van der Waals surface area contributed by atoms with E-state index in [2.05, 4.69) is 45.3 Å². The minimum Gasteiger partial charge on any atom is -0.267 e. The molecule has 1 amide bonds. The molecule has 2 aromatic carbocycles. The molecule has 4 heteroatoms. The number of nitrogens with zero attached hydrogens (tertiary/aromatic N) is 1. The van der Waals surface area contributed by atoms with Crippen molar-refractivity contribution in [3.63, 3.8) is 0 Å². The molecule has 2 aromatic rings. The second-order valence-electron chi connectivity index (χ2n) is 4.26. The van der Waals surface area contributed by atoms with Gasteiger partial charge in [0.25, 0.3) is 5.91 Å². The monoisotopic (exact) mass is 378 g/mol. The van der Waals surface area contributed by atoms with Crippen molar-refractivity contribution in [3.05, 3.63) is 69.3 Å². The molecule has 0 heterocycles. The molecule has 0 spiro atoms. The Morgan fingerprint density at radius 3 is 2.55 bits per heavy atom. The van der Waals surface area contributed by atoms with Crippen LogP contribution in [0.5, 0.6) is 0 Å². The summed E-state index contributed by atoms with van der Waals surface area (Å²) < 4.78 is 0.919. The van der Waals surface area contributed by atoms with Gasteiger partial charge in [0.15, 0.2) is 0 Å². The average molecular weight is 378 g/mol. The summed E-state index contributed by atoms with van der Waals surface area (Å²) in [5, 5.41) is 3.98. The zero-order valence-corrected chi connectivity index (χ0v) is 13.1. The van der Waals surface area contributed by atoms with E-state index in [0.29, 0.717) is 5.56 Å². The second-order valence-corrected chi connectivity index (χ2v) is 5.42. The molecule has 0 bridgehead atoms. The van der Waals surface area contributed by atoms with Gasteiger partial charge in [-0.05, 0) is 53.1 Å². The molecule has 2 rings (SSSR count). The molecule has 3 nitrogen and oxygen atoms in total. The summed E-state index contributed by atoms with van der Waals surface area (Å²) in [4.78, 5) is 11.9. The molecule has 0 fully saturated rings. The Bertz CT molecular complexity index is 596. The van der Waals surface area contributed by atoms with E-state index in [-0.39, 0.29) is 5.91 Å². The number of aryl methyl sites for hydroxylation is 1. The topological polar surface area (TPSA) is 41.5 Å². The maximum atomic E-state index is 11.9. The number of carbonyl (C=O) groups excluding carboxylic acids is 1. The van der Waals surface area contributed by atoms with E-state index in [4.69, 9.17) is 0 Å². The van der Waals surface area contributed by atoms with Gasteiger partial charge in [-0.25, -0.2) is 5.43 Å². The molecule has 1 N–H and O–H groups in total. The Balaban J connectivity index is 1.79. The van der Waals surface area contributed by atoms with Crippen LogP contribution in [-0.4, -0.2) is 12.1 Å². The molecule has 0 aliphatic rings. The van der Waals surface area contributed by atoms with Gasteiger partial charge in [0, 0.05) is 9.78 Å². The van der Waals surface area contributed by atoms with Crippen molar-refractivity contribution in [2.75, 3.05) is 0 Å². The fraction of sp³-hybridized carbons (Fsp3) is 0.125. The van der Waals surface area contributed by atoms with Crippen molar-refractivity contribution < 1.29 is 4.79 Å². The quantitative estimate of drug-likeness (QED) is 0.482. The van der Waals surface area contributed by atoms with Gasteiger partial charge in [-0.2, -0.15) is 5.10 Å². The number of hydrogen-bond acceptors (Lipinski definition) is 2. The van der Waals surface area contributed by atoms with Crippen LogP contribution in [0.4, 0.5) is 0 Å². The summed E-state index contributed by atoms with van der Waals surface area (Å²) >= 11 is 2.14. The third-order valence-electron chi connectivity index (χ3n) is 2.78. The summed E-state index contributed by atoms with van der Waals surface area (Å²) in [6.07, 6.45) is 3.46. The Hall–Kier alpha value is -1.69. The van der Waals surface area contributed by atoms with Gasteiger partial charge < -0.3 is 0 Å². The standard InChI is InChI=1S/C16H15IN2O/c17-15-11-5-4-10-14(15)16(20)19-18-12-6-9-13-7-2-1-3-8-13/h1-5,7-8,10-12H,6,9H2,(H,19,20). The van der Waals surface area contributed by atoms with E-state index in [1.807, 2.05) is 36.4 Å². The Labute approximate surface area is 132 Å². The maximum Gasteiger partial charge on any atom is 0.272 e. The lowest BCUT2D eigenvalue weighted by atomic mass is 10.1. The van der Waals surface area contributed by atoms with Gasteiger partial charge in [-0.3, -0.25) is 4.79 Å². The minimum atomic E-state index is -0.175. The van der Waals surface area contributed by atoms with Crippen LogP contribution >= 0.6 is 22.6 Å². The number of hydrazone groups is 1. The highest BCUT2D eigenvalue weighted by Crippen LogP contribution is 2.10. The second kappa shape index (κ2) is 7.79. The number of amides is 1. The van der Waals surface area contributed by atoms with Gasteiger partial charge in [0.2, 0.25) is 0 Å². The zero-order valence-electron chi connectivity index (χ0n) is 10.9. The van der Waals surface area contributed by atoms with Gasteiger partial charge >= 0.3 is 0 Å². The highest BCUT2D eigenvalue weighted by Gasteiger charge is 2.06. The van der Waals surface area contributed by atoms with Crippen molar-refractivity contribution in [3.8, 4) is 0 Å². The van der Waals surface area contributed by atoms with Gasteiger partial charge in [-0.1, -0.05) is 42.5 Å². The molecular weight excluding hydrogens is 363 g/mol. The number of halogens is 1. The Kier molecular flexibility index (Phi) is 5.73. The molecule has 0 aliphatic heterocycles. The van der Waals surface area contributed by atoms with Crippen molar-refractivity contribution >= 4 is 34.7 Å². The SMILES string of the molecule is O=C(NN=CCCc1ccccc1)c1ccccc1I. The van der Waals surface area contributed by atoms with E-state index in [0.717, 1.165) is 16.4 Å². The lowest BCUT2D eigenvalue weighted by Gasteiger charge is -2.02. The van der Waals surface area contributed by atoms with Gasteiger partial charge in [-0.15, -0.1) is 0 Å². The van der Waals surface area contributed by atoms with Crippen LogP contribution in [0, 0.1) is 3.57 Å². The predicted molar refractivity (Wildman–Crippen MR) is 89.9 cm³/mol. The Morgan fingerprint density at radius 2 is 1.80 bits per heavy atom. The van der Waals surface area contributed by atoms with Crippen LogP contribution in [-0.2, 0) is 6.42 Å². The molecule has 0 radical (unpaired) electrons. The molecule has 0 saturated carbocycles. The lowest BCUT2D eigenvalue weighted by molar-refractivity contribution is 0.0954. The molecule has 0 aliphatic carbocycles. The number of hydrogen-bond donors (Lipinski definition) is 1. The van der Waals surface area contributed by atoms with Crippen molar-refractivity contribution in [2.45, 2.75) is 12.8 Å². The molecule has 0 unspecified atom stereocenters. The smallest absolute Gasteiger partial charge is 0.267 e. The maximum absolute atomic E-state index is 11.9. The third kappa shape index (κ3) is 4.45. The van der Waals surface area contributed by atoms with Crippen LogP contribution in [0.15, 0.2) is 59.7 Å². The fourth-order valence-corrected chi connectivity index (χ4v) is 2.38. The lowest BCUT2D eigenvalue weighted by Crippen LogP contribution is -2.18. The van der Waals surface area contributed by atoms with E-state index in [9.17, 15) is 4.79 Å². The third-order valence-corrected chi connectivity index (χ3v) is 3.72. The fourth-order valence-electron chi connectivity index (χ4n) is 1.75. The first kappa shape index (κ1) is 14.7. The van der Waals surface area contributed by atoms with Gasteiger partial charge in [0.1, 0.15) is 0 Å². The Morgan fingerprint density at radius 1 is 1.10 bits per heavy atom.